The number of unbranched alkanes of at least 4 members (excludes halogenated alkanes) is 1. The minimum atomic E-state index is -0.329. The van der Waals surface area contributed by atoms with Crippen molar-refractivity contribution in [1.29, 1.82) is 0 Å². The van der Waals surface area contributed by atoms with Gasteiger partial charge >= 0.3 is 0 Å². The van der Waals surface area contributed by atoms with E-state index in [1.54, 1.807) is 28.9 Å². The van der Waals surface area contributed by atoms with Gasteiger partial charge in [-0.1, -0.05) is 51.8 Å². The van der Waals surface area contributed by atoms with Crippen molar-refractivity contribution in [1.82, 2.24) is 15.1 Å². The number of carbonyl (C=O) groups is 2. The smallest absolute Gasteiger partial charge is 0.251 e. The molecule has 0 aliphatic rings. The van der Waals surface area contributed by atoms with Gasteiger partial charge in [0.25, 0.3) is 5.91 Å². The average molecular weight is 477 g/mol. The molecule has 1 heterocycles. The number of rotatable bonds is 9. The van der Waals surface area contributed by atoms with Gasteiger partial charge in [-0.3, -0.25) is 9.59 Å². The number of benzene rings is 2. The summed E-state index contributed by atoms with van der Waals surface area (Å²) in [6.45, 7) is 12.9. The monoisotopic (exact) mass is 476 g/mol. The van der Waals surface area contributed by atoms with E-state index < -0.39 is 0 Å². The first-order chi connectivity index (χ1) is 16.6. The van der Waals surface area contributed by atoms with E-state index in [1.165, 1.54) is 0 Å². The first-order valence-corrected chi connectivity index (χ1v) is 12.1. The zero-order valence-corrected chi connectivity index (χ0v) is 21.6. The van der Waals surface area contributed by atoms with Crippen LogP contribution in [0.4, 0.5) is 5.82 Å². The van der Waals surface area contributed by atoms with Crippen LogP contribution < -0.4 is 15.4 Å². The zero-order valence-electron chi connectivity index (χ0n) is 21.6. The van der Waals surface area contributed by atoms with Crippen LogP contribution in [0, 0.1) is 13.8 Å². The first-order valence-electron chi connectivity index (χ1n) is 12.1. The molecule has 2 N–H and O–H groups in total. The summed E-state index contributed by atoms with van der Waals surface area (Å²) in [7, 11) is 0. The van der Waals surface area contributed by atoms with E-state index in [2.05, 4.69) is 44.4 Å². The minimum Gasteiger partial charge on any atom is -0.494 e. The lowest BCUT2D eigenvalue weighted by Gasteiger charge is -2.14. The van der Waals surface area contributed by atoms with Crippen molar-refractivity contribution < 1.29 is 14.3 Å². The van der Waals surface area contributed by atoms with Crippen molar-refractivity contribution in [2.24, 2.45) is 0 Å². The number of aryl methyl sites for hydroxylation is 2. The summed E-state index contributed by atoms with van der Waals surface area (Å²) in [5.41, 5.74) is 4.24. The fraction of sp³-hybridized carbons (Fsp3) is 0.393. The van der Waals surface area contributed by atoms with Crippen molar-refractivity contribution in [3.8, 4) is 11.4 Å². The third kappa shape index (κ3) is 6.94. The van der Waals surface area contributed by atoms with Gasteiger partial charge in [0.15, 0.2) is 0 Å². The Morgan fingerprint density at radius 1 is 1.03 bits per heavy atom. The second kappa shape index (κ2) is 11.2. The van der Waals surface area contributed by atoms with Crippen LogP contribution in [0.5, 0.6) is 5.75 Å². The van der Waals surface area contributed by atoms with Gasteiger partial charge in [0, 0.05) is 17.0 Å². The normalized spacial score (nSPS) is 11.3. The number of nitrogens with zero attached hydrogens (tertiary/aromatic N) is 2. The maximum absolute atomic E-state index is 12.7. The maximum Gasteiger partial charge on any atom is 0.251 e. The number of ether oxygens (including phenoxy) is 1. The Bertz CT molecular complexity index is 1170. The molecule has 0 fully saturated rings. The van der Waals surface area contributed by atoms with Crippen LogP contribution in [0.15, 0.2) is 48.5 Å². The van der Waals surface area contributed by atoms with Crippen molar-refractivity contribution in [3.63, 3.8) is 0 Å². The fourth-order valence-corrected chi connectivity index (χ4v) is 3.55. The molecule has 0 spiro atoms. The van der Waals surface area contributed by atoms with Crippen LogP contribution >= 0.6 is 0 Å². The molecule has 0 radical (unpaired) electrons. The second-order valence-corrected chi connectivity index (χ2v) is 9.82. The van der Waals surface area contributed by atoms with Crippen LogP contribution in [-0.4, -0.2) is 34.7 Å². The number of anilines is 1. The van der Waals surface area contributed by atoms with Crippen molar-refractivity contribution in [2.45, 2.75) is 59.8 Å². The topological polar surface area (TPSA) is 85.2 Å². The minimum absolute atomic E-state index is 0.156. The third-order valence-corrected chi connectivity index (χ3v) is 5.62. The Morgan fingerprint density at radius 2 is 1.74 bits per heavy atom. The SMILES string of the molecule is CCCCOc1ccc(C(=O)NCC(=O)Nc2cc(C(C)(C)C)nn2-c2ccc(C)cc2C)cc1. The standard InChI is InChI=1S/C28H36N4O3/c1-7-8-15-35-22-12-10-21(11-13-22)27(34)29-18-26(33)30-25-17-24(28(4,5)6)31-32(25)23-14-9-19(2)16-20(23)3/h9-14,16-17H,7-8,15,18H2,1-6H3,(H,29,34)(H,30,33). The Balaban J connectivity index is 1.68. The predicted octanol–water partition coefficient (Wildman–Crippen LogP) is 5.33. The molecular formula is C28H36N4O3. The number of hydrogen-bond acceptors (Lipinski definition) is 4. The molecule has 3 rings (SSSR count). The number of aromatic nitrogens is 2. The highest BCUT2D eigenvalue weighted by Gasteiger charge is 2.22. The molecule has 0 unspecified atom stereocenters. The van der Waals surface area contributed by atoms with Gasteiger partial charge in [-0.15, -0.1) is 0 Å². The van der Waals surface area contributed by atoms with E-state index in [4.69, 9.17) is 9.84 Å². The van der Waals surface area contributed by atoms with Crippen LogP contribution in [-0.2, 0) is 10.2 Å². The summed E-state index contributed by atoms with van der Waals surface area (Å²) in [5, 5.41) is 10.4. The van der Waals surface area contributed by atoms with E-state index in [9.17, 15) is 9.59 Å². The number of amides is 2. The van der Waals surface area contributed by atoms with Crippen LogP contribution in [0.3, 0.4) is 0 Å². The molecule has 2 amide bonds. The van der Waals surface area contributed by atoms with Crippen molar-refractivity contribution in [2.75, 3.05) is 18.5 Å². The highest BCUT2D eigenvalue weighted by molar-refractivity contribution is 5.99. The molecule has 2 aromatic carbocycles. The molecule has 186 valence electrons. The van der Waals surface area contributed by atoms with E-state index in [-0.39, 0.29) is 23.8 Å². The van der Waals surface area contributed by atoms with E-state index >= 15 is 0 Å². The van der Waals surface area contributed by atoms with Gasteiger partial charge in [0.05, 0.1) is 24.5 Å². The summed E-state index contributed by atoms with van der Waals surface area (Å²) >= 11 is 0. The number of nitrogens with one attached hydrogen (secondary N) is 2. The van der Waals surface area contributed by atoms with Gasteiger partial charge in [-0.05, 0) is 56.2 Å². The molecular weight excluding hydrogens is 440 g/mol. The quantitative estimate of drug-likeness (QED) is 0.409. The van der Waals surface area contributed by atoms with E-state index in [0.717, 1.165) is 41.1 Å². The maximum atomic E-state index is 12.7. The molecule has 3 aromatic rings. The first kappa shape index (κ1) is 26.0. The van der Waals surface area contributed by atoms with E-state index in [1.807, 2.05) is 32.0 Å². The summed E-state index contributed by atoms with van der Waals surface area (Å²) in [6, 6.07) is 14.9. The molecule has 0 saturated carbocycles. The third-order valence-electron chi connectivity index (χ3n) is 5.62. The van der Waals surface area contributed by atoms with Crippen LogP contribution in [0.1, 0.15) is 67.7 Å². The predicted molar refractivity (Wildman–Crippen MR) is 140 cm³/mol. The molecule has 0 atom stereocenters. The Labute approximate surface area is 207 Å². The molecule has 0 aliphatic heterocycles. The summed E-state index contributed by atoms with van der Waals surface area (Å²) in [6.07, 6.45) is 2.04. The van der Waals surface area contributed by atoms with Gasteiger partial charge in [0.1, 0.15) is 11.6 Å². The summed E-state index contributed by atoms with van der Waals surface area (Å²) in [5.74, 6) is 0.638. The fourth-order valence-electron chi connectivity index (χ4n) is 3.55. The second-order valence-electron chi connectivity index (χ2n) is 9.82. The molecule has 7 nitrogen and oxygen atoms in total. The highest BCUT2D eigenvalue weighted by atomic mass is 16.5. The Kier molecular flexibility index (Phi) is 8.33. The summed E-state index contributed by atoms with van der Waals surface area (Å²) in [4.78, 5) is 25.3. The van der Waals surface area contributed by atoms with Crippen LogP contribution in [0.2, 0.25) is 0 Å². The van der Waals surface area contributed by atoms with Gasteiger partial charge in [-0.2, -0.15) is 5.10 Å². The van der Waals surface area contributed by atoms with Gasteiger partial charge in [0.2, 0.25) is 5.91 Å². The van der Waals surface area contributed by atoms with Crippen LogP contribution in [0.25, 0.3) is 5.69 Å². The lowest BCUT2D eigenvalue weighted by atomic mass is 9.92. The van der Waals surface area contributed by atoms with Crippen molar-refractivity contribution in [3.05, 3.63) is 70.9 Å². The Morgan fingerprint density at radius 3 is 2.37 bits per heavy atom. The molecule has 0 aliphatic carbocycles. The Hall–Kier alpha value is -3.61. The number of carbonyl (C=O) groups excluding carboxylic acids is 2. The lowest BCUT2D eigenvalue weighted by molar-refractivity contribution is -0.115. The molecule has 0 saturated heterocycles. The molecule has 7 heteroatoms. The van der Waals surface area contributed by atoms with Gasteiger partial charge in [-0.25, -0.2) is 4.68 Å². The summed E-state index contributed by atoms with van der Waals surface area (Å²) < 4.78 is 7.39. The average Bonchev–Trinajstić information content (AvgIpc) is 3.22. The highest BCUT2D eigenvalue weighted by Crippen LogP contribution is 2.27. The molecule has 0 bridgehead atoms. The van der Waals surface area contributed by atoms with Crippen molar-refractivity contribution >= 4 is 17.6 Å². The molecule has 1 aromatic heterocycles. The lowest BCUT2D eigenvalue weighted by Crippen LogP contribution is -2.33. The molecule has 35 heavy (non-hydrogen) atoms. The number of hydrogen-bond donors (Lipinski definition) is 2. The zero-order chi connectivity index (χ0) is 25.6. The van der Waals surface area contributed by atoms with Gasteiger partial charge < -0.3 is 15.4 Å². The van der Waals surface area contributed by atoms with E-state index in [0.29, 0.717) is 18.0 Å². The largest absolute Gasteiger partial charge is 0.494 e.